The summed E-state index contributed by atoms with van der Waals surface area (Å²) < 4.78 is 0. The quantitative estimate of drug-likeness (QED) is 0.722. The van der Waals surface area contributed by atoms with Crippen molar-refractivity contribution < 1.29 is 5.11 Å². The van der Waals surface area contributed by atoms with Gasteiger partial charge >= 0.3 is 0 Å². The van der Waals surface area contributed by atoms with Gasteiger partial charge in [0.15, 0.2) is 0 Å². The molecule has 2 fully saturated rings. The summed E-state index contributed by atoms with van der Waals surface area (Å²) in [6.07, 6.45) is 5.58. The van der Waals surface area contributed by atoms with E-state index >= 15 is 0 Å². The molecule has 3 rings (SSSR count). The zero-order chi connectivity index (χ0) is 19.2. The maximum absolute atomic E-state index is 9.64. The van der Waals surface area contributed by atoms with Crippen LogP contribution in [0.15, 0.2) is 29.2 Å². The standard InChI is InChI=1S/C22H37N3OS/c1-18(2)24-10-7-20(8-11-24)25-13-12-23(17-21(25)9-14-26)16-19-5-4-6-22(15-19)27-3/h4-6,15,18,20-21,26H,7-14,16-17H2,1-3H3. The minimum absolute atomic E-state index is 0.293. The second-order valence-corrected chi connectivity index (χ2v) is 9.23. The molecule has 2 saturated heterocycles. The Balaban J connectivity index is 1.58. The maximum atomic E-state index is 9.64. The average molecular weight is 392 g/mol. The van der Waals surface area contributed by atoms with Gasteiger partial charge in [-0.25, -0.2) is 0 Å². The van der Waals surface area contributed by atoms with Gasteiger partial charge in [0, 0.05) is 55.8 Å². The van der Waals surface area contributed by atoms with Crippen LogP contribution in [0.2, 0.25) is 0 Å². The molecule has 1 N–H and O–H groups in total. The number of piperidine rings is 1. The number of aliphatic hydroxyl groups excluding tert-OH is 1. The Morgan fingerprint density at radius 1 is 1.15 bits per heavy atom. The lowest BCUT2D eigenvalue weighted by Crippen LogP contribution is -2.58. The molecule has 5 heteroatoms. The molecule has 0 radical (unpaired) electrons. The first-order chi connectivity index (χ1) is 13.1. The van der Waals surface area contributed by atoms with Crippen LogP contribution >= 0.6 is 11.8 Å². The van der Waals surface area contributed by atoms with E-state index in [1.807, 2.05) is 11.8 Å². The summed E-state index contributed by atoms with van der Waals surface area (Å²) >= 11 is 1.81. The molecule has 0 aliphatic carbocycles. The van der Waals surface area contributed by atoms with Crippen LogP contribution in [-0.2, 0) is 6.54 Å². The van der Waals surface area contributed by atoms with Gasteiger partial charge in [0.1, 0.15) is 0 Å². The third kappa shape index (κ3) is 5.70. The predicted octanol–water partition coefficient (Wildman–Crippen LogP) is 3.15. The Hall–Kier alpha value is -0.590. The third-order valence-electron chi connectivity index (χ3n) is 6.31. The first-order valence-electron chi connectivity index (χ1n) is 10.6. The second kappa shape index (κ2) is 10.3. The van der Waals surface area contributed by atoms with Gasteiger partial charge in [-0.1, -0.05) is 12.1 Å². The van der Waals surface area contributed by atoms with Crippen molar-refractivity contribution in [2.75, 3.05) is 45.6 Å². The fourth-order valence-electron chi connectivity index (χ4n) is 4.73. The highest BCUT2D eigenvalue weighted by Gasteiger charge is 2.33. The minimum atomic E-state index is 0.293. The number of rotatable bonds is 7. The van der Waals surface area contributed by atoms with E-state index in [1.165, 1.54) is 36.4 Å². The molecular weight excluding hydrogens is 354 g/mol. The molecule has 1 unspecified atom stereocenters. The lowest BCUT2D eigenvalue weighted by atomic mass is 9.97. The highest BCUT2D eigenvalue weighted by atomic mass is 32.2. The molecule has 0 saturated carbocycles. The van der Waals surface area contributed by atoms with Crippen LogP contribution in [0.5, 0.6) is 0 Å². The Morgan fingerprint density at radius 2 is 1.93 bits per heavy atom. The molecule has 4 nitrogen and oxygen atoms in total. The summed E-state index contributed by atoms with van der Waals surface area (Å²) in [6, 6.07) is 10.8. The van der Waals surface area contributed by atoms with Crippen molar-refractivity contribution in [3.8, 4) is 0 Å². The van der Waals surface area contributed by atoms with E-state index in [4.69, 9.17) is 0 Å². The van der Waals surface area contributed by atoms with Gasteiger partial charge in [-0.3, -0.25) is 9.80 Å². The van der Waals surface area contributed by atoms with Gasteiger partial charge in [0.25, 0.3) is 0 Å². The van der Waals surface area contributed by atoms with Gasteiger partial charge < -0.3 is 10.0 Å². The van der Waals surface area contributed by atoms with Gasteiger partial charge in [-0.05, 0) is 70.2 Å². The summed E-state index contributed by atoms with van der Waals surface area (Å²) in [5.41, 5.74) is 1.41. The van der Waals surface area contributed by atoms with E-state index < -0.39 is 0 Å². The summed E-state index contributed by atoms with van der Waals surface area (Å²) in [5.74, 6) is 0. The van der Waals surface area contributed by atoms with Gasteiger partial charge in [-0.15, -0.1) is 11.8 Å². The molecule has 2 aliphatic heterocycles. The topological polar surface area (TPSA) is 30.0 Å². The van der Waals surface area contributed by atoms with Crippen LogP contribution in [0.4, 0.5) is 0 Å². The molecule has 0 aromatic heterocycles. The van der Waals surface area contributed by atoms with Crippen molar-refractivity contribution in [3.05, 3.63) is 29.8 Å². The largest absolute Gasteiger partial charge is 0.396 e. The fraction of sp³-hybridized carbons (Fsp3) is 0.727. The predicted molar refractivity (Wildman–Crippen MR) is 115 cm³/mol. The van der Waals surface area contributed by atoms with Crippen LogP contribution in [0.25, 0.3) is 0 Å². The third-order valence-corrected chi connectivity index (χ3v) is 7.04. The van der Waals surface area contributed by atoms with Crippen molar-refractivity contribution in [1.29, 1.82) is 0 Å². The van der Waals surface area contributed by atoms with Crippen LogP contribution in [0.1, 0.15) is 38.7 Å². The summed E-state index contributed by atoms with van der Waals surface area (Å²) in [7, 11) is 0. The average Bonchev–Trinajstić information content (AvgIpc) is 2.69. The lowest BCUT2D eigenvalue weighted by Gasteiger charge is -2.48. The van der Waals surface area contributed by atoms with Gasteiger partial charge in [0.05, 0.1) is 0 Å². The zero-order valence-electron chi connectivity index (χ0n) is 17.3. The maximum Gasteiger partial charge on any atom is 0.0446 e. The smallest absolute Gasteiger partial charge is 0.0446 e. The molecule has 1 aromatic carbocycles. The van der Waals surface area contributed by atoms with E-state index in [-0.39, 0.29) is 0 Å². The zero-order valence-corrected chi connectivity index (χ0v) is 18.1. The molecule has 27 heavy (non-hydrogen) atoms. The van der Waals surface area contributed by atoms with E-state index in [9.17, 15) is 5.11 Å². The number of nitrogens with zero attached hydrogens (tertiary/aromatic N) is 3. The number of likely N-dealkylation sites (tertiary alicyclic amines) is 1. The molecule has 152 valence electrons. The Morgan fingerprint density at radius 3 is 2.59 bits per heavy atom. The molecule has 1 atom stereocenters. The SMILES string of the molecule is CSc1cccc(CN2CCN(C3CCN(C(C)C)CC3)C(CCO)C2)c1. The molecule has 2 heterocycles. The van der Waals surface area contributed by atoms with Crippen molar-refractivity contribution in [2.24, 2.45) is 0 Å². The molecule has 0 spiro atoms. The molecule has 2 aliphatic rings. The Kier molecular flexibility index (Phi) is 8.03. The van der Waals surface area contributed by atoms with E-state index in [0.717, 1.165) is 32.6 Å². The molecule has 0 bridgehead atoms. The van der Waals surface area contributed by atoms with E-state index in [1.54, 1.807) is 0 Å². The number of thioether (sulfide) groups is 1. The number of aliphatic hydroxyl groups is 1. The summed E-state index contributed by atoms with van der Waals surface area (Å²) in [4.78, 5) is 9.25. The van der Waals surface area contributed by atoms with E-state index in [0.29, 0.717) is 24.7 Å². The first-order valence-corrected chi connectivity index (χ1v) is 11.8. The summed E-state index contributed by atoms with van der Waals surface area (Å²) in [5, 5.41) is 9.64. The first kappa shape index (κ1) is 21.1. The summed E-state index contributed by atoms with van der Waals surface area (Å²) in [6.45, 7) is 11.7. The Labute approximate surface area is 169 Å². The second-order valence-electron chi connectivity index (χ2n) is 8.35. The molecule has 0 amide bonds. The minimum Gasteiger partial charge on any atom is -0.396 e. The lowest BCUT2D eigenvalue weighted by molar-refractivity contribution is -0.0000431. The van der Waals surface area contributed by atoms with Crippen molar-refractivity contribution in [3.63, 3.8) is 0 Å². The number of hydrogen-bond donors (Lipinski definition) is 1. The monoisotopic (exact) mass is 391 g/mol. The molecule has 1 aromatic rings. The van der Waals surface area contributed by atoms with Crippen LogP contribution in [0.3, 0.4) is 0 Å². The Bertz CT molecular complexity index is 574. The van der Waals surface area contributed by atoms with Crippen LogP contribution in [-0.4, -0.2) is 83.5 Å². The van der Waals surface area contributed by atoms with Crippen molar-refractivity contribution in [2.45, 2.75) is 62.7 Å². The van der Waals surface area contributed by atoms with Crippen molar-refractivity contribution in [1.82, 2.24) is 14.7 Å². The van der Waals surface area contributed by atoms with Gasteiger partial charge in [-0.2, -0.15) is 0 Å². The van der Waals surface area contributed by atoms with Crippen LogP contribution in [0, 0.1) is 0 Å². The normalized spacial score (nSPS) is 24.0. The fourth-order valence-corrected chi connectivity index (χ4v) is 5.21. The number of hydrogen-bond acceptors (Lipinski definition) is 5. The van der Waals surface area contributed by atoms with E-state index in [2.05, 4.69) is 59.1 Å². The van der Waals surface area contributed by atoms with Crippen LogP contribution < -0.4 is 0 Å². The molecular formula is C22H37N3OS. The number of piperazine rings is 1. The van der Waals surface area contributed by atoms with Crippen molar-refractivity contribution >= 4 is 11.8 Å². The number of benzene rings is 1. The highest BCUT2D eigenvalue weighted by molar-refractivity contribution is 7.98. The highest BCUT2D eigenvalue weighted by Crippen LogP contribution is 2.25. The van der Waals surface area contributed by atoms with Gasteiger partial charge in [0.2, 0.25) is 0 Å².